The van der Waals surface area contributed by atoms with Crippen molar-refractivity contribution >= 4 is 34.9 Å². The summed E-state index contributed by atoms with van der Waals surface area (Å²) < 4.78 is 11.5. The van der Waals surface area contributed by atoms with Crippen molar-refractivity contribution in [3.05, 3.63) is 88.8 Å². The molecule has 2 aliphatic heterocycles. The minimum Gasteiger partial charge on any atom is -0.507 e. The van der Waals surface area contributed by atoms with Crippen molar-refractivity contribution in [1.29, 1.82) is 0 Å². The van der Waals surface area contributed by atoms with Crippen LogP contribution in [0.3, 0.4) is 0 Å². The molecule has 0 radical (unpaired) electrons. The number of nitrogens with zero attached hydrogens (tertiary/aromatic N) is 5. The Balaban J connectivity index is 0.798. The summed E-state index contributed by atoms with van der Waals surface area (Å²) in [5.74, 6) is 0.145. The minimum absolute atomic E-state index is 0.0437. The number of amides is 3. The molecular formula is C43H48N8O6S. The van der Waals surface area contributed by atoms with E-state index in [2.05, 4.69) is 36.3 Å². The number of hydrogen-bond acceptors (Lipinski definition) is 12. The smallest absolute Gasteiger partial charge is 0.254 e. The van der Waals surface area contributed by atoms with Crippen molar-refractivity contribution in [3.63, 3.8) is 0 Å². The highest BCUT2D eigenvalue weighted by atomic mass is 32.1. The number of phenolic OH excluding ortho intramolecular Hbond substituents is 1. The fraction of sp³-hybridized carbons (Fsp3) is 0.419. The molecule has 2 fully saturated rings. The van der Waals surface area contributed by atoms with Crippen LogP contribution in [0.5, 0.6) is 11.6 Å². The van der Waals surface area contributed by atoms with Crippen LogP contribution in [0, 0.1) is 18.8 Å². The lowest BCUT2D eigenvalue weighted by molar-refractivity contribution is -0.141. The van der Waals surface area contributed by atoms with Gasteiger partial charge in [-0.3, -0.25) is 14.4 Å². The quantitative estimate of drug-likeness (QED) is 0.0996. The monoisotopic (exact) mass is 804 g/mol. The Labute approximate surface area is 340 Å². The van der Waals surface area contributed by atoms with Crippen LogP contribution in [-0.4, -0.2) is 79.3 Å². The molecule has 1 saturated carbocycles. The third kappa shape index (κ3) is 7.87. The van der Waals surface area contributed by atoms with Crippen molar-refractivity contribution in [1.82, 2.24) is 35.9 Å². The standard InChI is InChI=1S/C43H48N8O6S/c1-24(2)37(42(55)51-16-7-9-33(51)41(54)46-25(3)27-11-13-28(14-12-27)38-26(4)45-23-58-38)35-19-36(50-57-35)56-17-15-44-40(53)30-21-43(22-30)20-29-18-32(48-49-39(29)47-43)31-8-5-6-10-34(31)52/h5-6,8,10-14,18-19,23-25,30,33,37,52H,7,9,15-17,20-22H2,1-4H3,(H,44,53)(H,46,54)(H,47,49)/t25-,30-,33-,37?,43+/m0/s1. The van der Waals surface area contributed by atoms with Crippen molar-refractivity contribution in [2.75, 3.05) is 25.0 Å². The van der Waals surface area contributed by atoms with Crippen molar-refractivity contribution in [2.45, 2.75) is 83.3 Å². The Kier molecular flexibility index (Phi) is 10.9. The molecule has 3 aromatic heterocycles. The molecule has 0 bridgehead atoms. The molecule has 5 aromatic rings. The Bertz CT molecular complexity index is 2300. The van der Waals surface area contributed by atoms with Gasteiger partial charge in [-0.25, -0.2) is 4.98 Å². The van der Waals surface area contributed by atoms with Gasteiger partial charge in [-0.2, -0.15) is 0 Å². The van der Waals surface area contributed by atoms with Gasteiger partial charge in [0.15, 0.2) is 11.6 Å². The zero-order chi connectivity index (χ0) is 40.6. The van der Waals surface area contributed by atoms with Crippen molar-refractivity contribution < 1.29 is 28.8 Å². The van der Waals surface area contributed by atoms with Gasteiger partial charge in [-0.05, 0) is 86.4 Å². The average molecular weight is 805 g/mol. The van der Waals surface area contributed by atoms with Crippen LogP contribution in [0.15, 0.2) is 70.7 Å². The van der Waals surface area contributed by atoms with Crippen LogP contribution >= 0.6 is 11.3 Å². The number of fused-ring (bicyclic) bond motifs is 1. The SMILES string of the molecule is Cc1ncsc1-c1ccc([C@H](C)NC(=O)[C@@H]2CCCN2C(=O)C(c2cc(OCCNC(=O)[C@H]3C[C@]4(Cc5cc(-c6ccccc6O)nnc5N4)C3)no2)C(C)C)cc1. The van der Waals surface area contributed by atoms with Crippen LogP contribution in [0.2, 0.25) is 0 Å². The van der Waals surface area contributed by atoms with Crippen molar-refractivity contribution in [2.24, 2.45) is 11.8 Å². The van der Waals surface area contributed by atoms with Crippen LogP contribution in [0.1, 0.15) is 81.0 Å². The molecule has 3 atom stereocenters. The molecular weight excluding hydrogens is 757 g/mol. The normalized spacial score (nSPS) is 20.6. The maximum atomic E-state index is 14.1. The predicted octanol–water partition coefficient (Wildman–Crippen LogP) is 6.19. The Morgan fingerprint density at radius 3 is 2.60 bits per heavy atom. The first-order valence-electron chi connectivity index (χ1n) is 19.9. The highest BCUT2D eigenvalue weighted by molar-refractivity contribution is 7.13. The molecule has 302 valence electrons. The lowest BCUT2D eigenvalue weighted by Crippen LogP contribution is -2.54. The zero-order valence-electron chi connectivity index (χ0n) is 33.0. The van der Waals surface area contributed by atoms with Crippen molar-refractivity contribution in [3.8, 4) is 33.3 Å². The molecule has 1 aliphatic carbocycles. The largest absolute Gasteiger partial charge is 0.507 e. The molecule has 2 aromatic carbocycles. The first-order chi connectivity index (χ1) is 28.0. The number of phenols is 1. The van der Waals surface area contributed by atoms with E-state index in [4.69, 9.17) is 9.26 Å². The number of aryl methyl sites for hydroxylation is 1. The summed E-state index contributed by atoms with van der Waals surface area (Å²) in [4.78, 5) is 47.8. The van der Waals surface area contributed by atoms with Crippen LogP contribution in [-0.2, 0) is 20.8 Å². The number of aromatic hydroxyl groups is 1. The lowest BCUT2D eigenvalue weighted by atomic mass is 9.66. The van der Waals surface area contributed by atoms with E-state index in [1.165, 1.54) is 0 Å². The molecule has 8 rings (SSSR count). The molecule has 5 heterocycles. The number of likely N-dealkylation sites (tertiary alicyclic amines) is 1. The summed E-state index contributed by atoms with van der Waals surface area (Å²) in [6.07, 6.45) is 3.37. The van der Waals surface area contributed by atoms with Gasteiger partial charge in [0, 0.05) is 35.2 Å². The van der Waals surface area contributed by atoms with Crippen LogP contribution in [0.4, 0.5) is 5.82 Å². The van der Waals surface area contributed by atoms with E-state index in [1.54, 1.807) is 34.4 Å². The van der Waals surface area contributed by atoms with E-state index in [-0.39, 0.29) is 65.9 Å². The second-order valence-electron chi connectivity index (χ2n) is 16.0. The molecule has 1 saturated heterocycles. The molecule has 3 aliphatic rings. The summed E-state index contributed by atoms with van der Waals surface area (Å²) in [7, 11) is 0. The van der Waals surface area contributed by atoms with Gasteiger partial charge in [-0.1, -0.05) is 50.2 Å². The number of nitrogens with one attached hydrogen (secondary N) is 3. The number of carbonyl (C=O) groups is 3. The highest BCUT2D eigenvalue weighted by Gasteiger charge is 2.51. The van der Waals surface area contributed by atoms with Gasteiger partial charge in [0.05, 0.1) is 34.4 Å². The predicted molar refractivity (Wildman–Crippen MR) is 218 cm³/mol. The lowest BCUT2D eigenvalue weighted by Gasteiger charge is -2.44. The topological polar surface area (TPSA) is 185 Å². The first kappa shape index (κ1) is 39.0. The number of anilines is 1. The maximum absolute atomic E-state index is 14.1. The van der Waals surface area contributed by atoms with Gasteiger partial charge < -0.3 is 35.2 Å². The molecule has 3 amide bonds. The molecule has 15 heteroatoms. The number of ether oxygens (including phenoxy) is 1. The Morgan fingerprint density at radius 1 is 1.07 bits per heavy atom. The van der Waals surface area contributed by atoms with E-state index < -0.39 is 12.0 Å². The summed E-state index contributed by atoms with van der Waals surface area (Å²) in [5.41, 5.74) is 6.93. The number of aromatic nitrogens is 4. The number of para-hydroxylation sites is 1. The van der Waals surface area contributed by atoms with Gasteiger partial charge in [0.2, 0.25) is 17.7 Å². The third-order valence-corrected chi connectivity index (χ3v) is 12.6. The van der Waals surface area contributed by atoms with E-state index in [1.807, 2.05) is 75.7 Å². The van der Waals surface area contributed by atoms with E-state index in [9.17, 15) is 19.5 Å². The van der Waals surface area contributed by atoms with E-state index >= 15 is 0 Å². The van der Waals surface area contributed by atoms with Gasteiger partial charge in [-0.15, -0.1) is 21.5 Å². The fourth-order valence-corrected chi connectivity index (χ4v) is 9.35. The van der Waals surface area contributed by atoms with Crippen LogP contribution in [0.25, 0.3) is 21.7 Å². The van der Waals surface area contributed by atoms with Crippen LogP contribution < -0.4 is 20.7 Å². The zero-order valence-corrected chi connectivity index (χ0v) is 33.8. The minimum atomic E-state index is -0.651. The van der Waals surface area contributed by atoms with Gasteiger partial charge in [0.25, 0.3) is 5.88 Å². The first-order valence-corrected chi connectivity index (χ1v) is 20.8. The molecule has 14 nitrogen and oxygen atoms in total. The van der Waals surface area contributed by atoms with Gasteiger partial charge >= 0.3 is 0 Å². The number of rotatable bonds is 13. The summed E-state index contributed by atoms with van der Waals surface area (Å²) in [6.45, 7) is 8.75. The Hall–Kier alpha value is -5.83. The summed E-state index contributed by atoms with van der Waals surface area (Å²) in [6, 6.07) is 17.9. The van der Waals surface area contributed by atoms with Gasteiger partial charge in [0.1, 0.15) is 24.3 Å². The number of benzene rings is 2. The fourth-order valence-electron chi connectivity index (χ4n) is 8.54. The Morgan fingerprint density at radius 2 is 1.86 bits per heavy atom. The number of thiazole rings is 1. The van der Waals surface area contributed by atoms with E-state index in [0.717, 1.165) is 45.9 Å². The number of hydrogen-bond donors (Lipinski definition) is 4. The average Bonchev–Trinajstić information content (AvgIpc) is 4.02. The molecule has 58 heavy (non-hydrogen) atoms. The van der Waals surface area contributed by atoms with E-state index in [0.29, 0.717) is 42.8 Å². The third-order valence-electron chi connectivity index (χ3n) is 11.6. The second kappa shape index (κ2) is 16.2. The summed E-state index contributed by atoms with van der Waals surface area (Å²) >= 11 is 1.60. The highest BCUT2D eigenvalue weighted by Crippen LogP contribution is 2.48. The molecule has 1 spiro atoms. The maximum Gasteiger partial charge on any atom is 0.254 e. The molecule has 1 unspecified atom stereocenters. The molecule has 4 N–H and O–H groups in total. The second-order valence-corrected chi connectivity index (χ2v) is 16.9. The summed E-state index contributed by atoms with van der Waals surface area (Å²) in [5, 5.41) is 32.6. The number of carbonyl (C=O) groups excluding carboxylic acids is 3.